The molecule has 3 aromatic rings. The molecule has 136 valence electrons. The average molecular weight is 376 g/mol. The third-order valence-corrected chi connectivity index (χ3v) is 5.70. The Morgan fingerprint density at radius 3 is 2.33 bits per heavy atom. The van der Waals surface area contributed by atoms with E-state index in [1.807, 2.05) is 59.5 Å². The molecule has 2 nitrogen and oxygen atoms in total. The van der Waals surface area contributed by atoms with Crippen molar-refractivity contribution in [1.29, 1.82) is 0 Å². The third-order valence-electron chi connectivity index (χ3n) is 5.35. The average Bonchev–Trinajstić information content (AvgIpc) is 2.73. The number of rotatable bonds is 3. The highest BCUT2D eigenvalue weighted by atomic mass is 35.5. The largest absolute Gasteiger partial charge is 0.327 e. The minimum absolute atomic E-state index is 0.0528. The topological polar surface area (TPSA) is 20.3 Å². The summed E-state index contributed by atoms with van der Waals surface area (Å²) in [6.07, 6.45) is 1.82. The Hall–Kier alpha value is -2.58. The SMILES string of the molecule is CCc1ccc(C(=O)N2CCc3ccccc3[C@@H]2c2ccccc2Cl)cc1. The van der Waals surface area contributed by atoms with Crippen molar-refractivity contribution < 1.29 is 4.79 Å². The van der Waals surface area contributed by atoms with Crippen molar-refractivity contribution in [3.63, 3.8) is 0 Å². The van der Waals surface area contributed by atoms with E-state index in [1.54, 1.807) is 0 Å². The van der Waals surface area contributed by atoms with Crippen LogP contribution in [0, 0.1) is 0 Å². The van der Waals surface area contributed by atoms with Crippen LogP contribution in [-0.4, -0.2) is 17.4 Å². The van der Waals surface area contributed by atoms with Crippen LogP contribution in [0.5, 0.6) is 0 Å². The van der Waals surface area contributed by atoms with E-state index in [9.17, 15) is 4.79 Å². The zero-order valence-electron chi connectivity index (χ0n) is 15.4. The van der Waals surface area contributed by atoms with E-state index >= 15 is 0 Å². The van der Waals surface area contributed by atoms with E-state index in [0.29, 0.717) is 11.6 Å². The van der Waals surface area contributed by atoms with Gasteiger partial charge in [0.05, 0.1) is 6.04 Å². The maximum Gasteiger partial charge on any atom is 0.254 e. The van der Waals surface area contributed by atoms with Crippen molar-refractivity contribution >= 4 is 17.5 Å². The minimum atomic E-state index is -0.165. The summed E-state index contributed by atoms with van der Waals surface area (Å²) in [7, 11) is 0. The van der Waals surface area contributed by atoms with E-state index in [4.69, 9.17) is 11.6 Å². The summed E-state index contributed by atoms with van der Waals surface area (Å²) in [6, 6.07) is 24.0. The first-order chi connectivity index (χ1) is 13.2. The molecule has 0 unspecified atom stereocenters. The van der Waals surface area contributed by atoms with E-state index in [1.165, 1.54) is 11.1 Å². The van der Waals surface area contributed by atoms with E-state index in [0.717, 1.165) is 29.5 Å². The lowest BCUT2D eigenvalue weighted by Crippen LogP contribution is -2.40. The number of hydrogen-bond acceptors (Lipinski definition) is 1. The van der Waals surface area contributed by atoms with Gasteiger partial charge in [0.1, 0.15) is 0 Å². The summed E-state index contributed by atoms with van der Waals surface area (Å²) in [6.45, 7) is 2.80. The Labute approximate surface area is 165 Å². The van der Waals surface area contributed by atoms with E-state index in [-0.39, 0.29) is 11.9 Å². The number of halogens is 1. The normalized spacial score (nSPS) is 16.1. The van der Waals surface area contributed by atoms with Crippen LogP contribution in [0.15, 0.2) is 72.8 Å². The Kier molecular flexibility index (Phi) is 5.00. The lowest BCUT2D eigenvalue weighted by molar-refractivity contribution is 0.0694. The number of carbonyl (C=O) groups is 1. The first-order valence-corrected chi connectivity index (χ1v) is 9.79. The third kappa shape index (κ3) is 3.38. The van der Waals surface area contributed by atoms with Gasteiger partial charge in [-0.3, -0.25) is 4.79 Å². The van der Waals surface area contributed by atoms with Crippen molar-refractivity contribution in [3.05, 3.63) is 106 Å². The summed E-state index contributed by atoms with van der Waals surface area (Å²) in [4.78, 5) is 15.3. The number of nitrogens with zero attached hydrogens (tertiary/aromatic N) is 1. The Bertz CT molecular complexity index is 964. The van der Waals surface area contributed by atoms with Crippen molar-refractivity contribution in [2.24, 2.45) is 0 Å². The quantitative estimate of drug-likeness (QED) is 0.575. The first kappa shape index (κ1) is 17.8. The molecule has 3 heteroatoms. The summed E-state index contributed by atoms with van der Waals surface area (Å²) >= 11 is 6.54. The van der Waals surface area contributed by atoms with Crippen LogP contribution in [0.25, 0.3) is 0 Å². The second-order valence-corrected chi connectivity index (χ2v) is 7.33. The van der Waals surface area contributed by atoms with Crippen LogP contribution in [0.4, 0.5) is 0 Å². The van der Waals surface area contributed by atoms with E-state index < -0.39 is 0 Å². The molecule has 0 aromatic heterocycles. The maximum atomic E-state index is 13.4. The highest BCUT2D eigenvalue weighted by molar-refractivity contribution is 6.31. The van der Waals surface area contributed by atoms with Crippen molar-refractivity contribution in [1.82, 2.24) is 4.90 Å². The number of carbonyl (C=O) groups excluding carboxylic acids is 1. The molecule has 0 N–H and O–H groups in total. The van der Waals surface area contributed by atoms with Crippen molar-refractivity contribution in [2.75, 3.05) is 6.54 Å². The van der Waals surface area contributed by atoms with Crippen molar-refractivity contribution in [3.8, 4) is 0 Å². The fourth-order valence-electron chi connectivity index (χ4n) is 3.87. The molecule has 1 heterocycles. The Morgan fingerprint density at radius 1 is 0.963 bits per heavy atom. The summed E-state index contributed by atoms with van der Waals surface area (Å²) < 4.78 is 0. The molecule has 0 radical (unpaired) electrons. The molecule has 1 aliphatic rings. The van der Waals surface area contributed by atoms with Gasteiger partial charge in [0, 0.05) is 17.1 Å². The molecule has 1 amide bonds. The van der Waals surface area contributed by atoms with Gasteiger partial charge in [-0.25, -0.2) is 0 Å². The molecule has 3 aromatic carbocycles. The molecule has 27 heavy (non-hydrogen) atoms. The smallest absolute Gasteiger partial charge is 0.254 e. The predicted octanol–water partition coefficient (Wildman–Crippen LogP) is 5.69. The highest BCUT2D eigenvalue weighted by Gasteiger charge is 2.33. The number of benzene rings is 3. The Morgan fingerprint density at radius 2 is 1.63 bits per heavy atom. The molecule has 0 bridgehead atoms. The summed E-state index contributed by atoms with van der Waals surface area (Å²) in [5, 5.41) is 0.693. The molecular weight excluding hydrogens is 354 g/mol. The molecule has 0 saturated carbocycles. The van der Waals surface area contributed by atoms with Gasteiger partial charge in [-0.15, -0.1) is 0 Å². The van der Waals surface area contributed by atoms with Crippen LogP contribution >= 0.6 is 11.6 Å². The molecule has 0 spiro atoms. The second kappa shape index (κ2) is 7.58. The molecule has 1 aliphatic heterocycles. The van der Waals surface area contributed by atoms with Gasteiger partial charge in [0.2, 0.25) is 0 Å². The lowest BCUT2D eigenvalue weighted by Gasteiger charge is -2.38. The van der Waals surface area contributed by atoms with Crippen LogP contribution in [0.3, 0.4) is 0 Å². The van der Waals surface area contributed by atoms with Crippen LogP contribution in [-0.2, 0) is 12.8 Å². The van der Waals surface area contributed by atoms with Gasteiger partial charge in [0.15, 0.2) is 0 Å². The number of aryl methyl sites for hydroxylation is 1. The first-order valence-electron chi connectivity index (χ1n) is 9.41. The van der Waals surface area contributed by atoms with Gasteiger partial charge < -0.3 is 4.90 Å². The summed E-state index contributed by atoms with van der Waals surface area (Å²) in [5.41, 5.74) is 5.38. The van der Waals surface area contributed by atoms with Crippen LogP contribution in [0.2, 0.25) is 5.02 Å². The monoisotopic (exact) mass is 375 g/mol. The second-order valence-electron chi connectivity index (χ2n) is 6.92. The zero-order valence-corrected chi connectivity index (χ0v) is 16.1. The van der Waals surface area contributed by atoms with Crippen LogP contribution < -0.4 is 0 Å². The van der Waals surface area contributed by atoms with Gasteiger partial charge >= 0.3 is 0 Å². The molecular formula is C24H22ClNO. The van der Waals surface area contributed by atoms with Gasteiger partial charge in [-0.2, -0.15) is 0 Å². The van der Waals surface area contributed by atoms with Gasteiger partial charge in [0.25, 0.3) is 5.91 Å². The lowest BCUT2D eigenvalue weighted by atomic mass is 9.87. The predicted molar refractivity (Wildman–Crippen MR) is 110 cm³/mol. The molecule has 0 aliphatic carbocycles. The molecule has 0 fully saturated rings. The molecule has 4 rings (SSSR count). The summed E-state index contributed by atoms with van der Waals surface area (Å²) in [5.74, 6) is 0.0528. The zero-order chi connectivity index (χ0) is 18.8. The van der Waals surface area contributed by atoms with Gasteiger partial charge in [-0.05, 0) is 53.3 Å². The maximum absolute atomic E-state index is 13.4. The fraction of sp³-hybridized carbons (Fsp3) is 0.208. The van der Waals surface area contributed by atoms with Crippen LogP contribution in [0.1, 0.15) is 45.6 Å². The minimum Gasteiger partial charge on any atom is -0.327 e. The fourth-order valence-corrected chi connectivity index (χ4v) is 4.11. The standard InChI is InChI=1S/C24H22ClNO/c1-2-17-11-13-19(14-12-17)24(27)26-16-15-18-7-3-4-8-20(18)23(26)21-9-5-6-10-22(21)25/h3-14,23H,2,15-16H2,1H3/t23-/m1/s1. The highest BCUT2D eigenvalue weighted by Crippen LogP contribution is 2.38. The molecule has 0 saturated heterocycles. The molecule has 1 atom stereocenters. The van der Waals surface area contributed by atoms with Crippen molar-refractivity contribution in [2.45, 2.75) is 25.8 Å². The van der Waals surface area contributed by atoms with Gasteiger partial charge in [-0.1, -0.05) is 73.1 Å². The van der Waals surface area contributed by atoms with E-state index in [2.05, 4.69) is 25.1 Å². The number of amides is 1. The number of fused-ring (bicyclic) bond motifs is 1. The number of hydrogen-bond donors (Lipinski definition) is 0. The Balaban J connectivity index is 1.78.